The fourth-order valence-electron chi connectivity index (χ4n) is 2.49. The zero-order valence-electron chi connectivity index (χ0n) is 14.3. The molecule has 27 heavy (non-hydrogen) atoms. The molecule has 3 aromatic rings. The number of halogens is 1. The monoisotopic (exact) mass is 432 g/mol. The highest BCUT2D eigenvalue weighted by molar-refractivity contribution is 9.10. The smallest absolute Gasteiger partial charge is 0.307 e. The number of carbonyl (C=O) groups is 1. The molecule has 9 nitrogen and oxygen atoms in total. The lowest BCUT2D eigenvalue weighted by Crippen LogP contribution is -2.25. The van der Waals surface area contributed by atoms with Crippen molar-refractivity contribution < 1.29 is 9.72 Å². The normalized spacial score (nSPS) is 10.7. The molecule has 0 atom stereocenters. The van der Waals surface area contributed by atoms with E-state index in [4.69, 9.17) is 0 Å². The molecule has 0 unspecified atom stereocenters. The second-order valence-electron chi connectivity index (χ2n) is 5.88. The maximum atomic E-state index is 12.2. The number of nitro groups is 1. The quantitative estimate of drug-likeness (QED) is 0.334. The average Bonchev–Trinajstić information content (AvgIpc) is 3.28. The Morgan fingerprint density at radius 1 is 1.15 bits per heavy atom. The van der Waals surface area contributed by atoms with Crippen LogP contribution < -0.4 is 5.32 Å². The Morgan fingerprint density at radius 3 is 2.52 bits per heavy atom. The van der Waals surface area contributed by atoms with Crippen molar-refractivity contribution in [2.45, 2.75) is 19.5 Å². The Labute approximate surface area is 163 Å². The molecule has 0 bridgehead atoms. The van der Waals surface area contributed by atoms with E-state index in [1.807, 2.05) is 23.0 Å². The molecule has 1 amide bonds. The predicted molar refractivity (Wildman–Crippen MR) is 101 cm³/mol. The fourth-order valence-corrected chi connectivity index (χ4v) is 2.82. The molecule has 1 aromatic carbocycles. The van der Waals surface area contributed by atoms with Crippen molar-refractivity contribution in [2.24, 2.45) is 0 Å². The molecule has 3 rings (SSSR count). The lowest BCUT2D eigenvalue weighted by atomic mass is 10.1. The number of benzene rings is 1. The van der Waals surface area contributed by atoms with Gasteiger partial charge in [-0.25, -0.2) is 0 Å². The van der Waals surface area contributed by atoms with Gasteiger partial charge in [0, 0.05) is 24.8 Å². The molecule has 0 saturated heterocycles. The zero-order chi connectivity index (χ0) is 19.2. The van der Waals surface area contributed by atoms with E-state index in [0.29, 0.717) is 18.7 Å². The summed E-state index contributed by atoms with van der Waals surface area (Å²) in [6.07, 6.45) is 6.97. The minimum Gasteiger partial charge on any atom is -0.352 e. The topological polar surface area (TPSA) is 108 Å². The number of amides is 1. The standard InChI is InChI=1S/C17H17BrN6O3/c18-15-8-20-22(11-15)7-1-6-19-17(25)14-4-2-13(3-5-14)10-23-12-16(9-21-23)24(26)27/h2-5,8-9,11-12H,1,6-7,10H2,(H,19,25). The van der Waals surface area contributed by atoms with Crippen molar-refractivity contribution in [3.05, 3.63) is 74.8 Å². The molecule has 140 valence electrons. The van der Waals surface area contributed by atoms with E-state index < -0.39 is 4.92 Å². The van der Waals surface area contributed by atoms with E-state index in [2.05, 4.69) is 31.4 Å². The van der Waals surface area contributed by atoms with E-state index in [1.54, 1.807) is 18.3 Å². The van der Waals surface area contributed by atoms with Crippen LogP contribution in [-0.4, -0.2) is 36.9 Å². The minimum atomic E-state index is -0.484. The number of nitrogens with one attached hydrogen (secondary N) is 1. The molecule has 0 radical (unpaired) electrons. The first-order valence-electron chi connectivity index (χ1n) is 8.23. The lowest BCUT2D eigenvalue weighted by molar-refractivity contribution is -0.385. The van der Waals surface area contributed by atoms with Crippen LogP contribution in [0.5, 0.6) is 0 Å². The van der Waals surface area contributed by atoms with Crippen LogP contribution in [0, 0.1) is 10.1 Å². The third-order valence-corrected chi connectivity index (χ3v) is 4.25. The molecule has 10 heteroatoms. The first-order valence-corrected chi connectivity index (χ1v) is 9.02. The van der Waals surface area contributed by atoms with Gasteiger partial charge >= 0.3 is 5.69 Å². The Kier molecular flexibility index (Phi) is 5.97. The van der Waals surface area contributed by atoms with Crippen LogP contribution in [0.1, 0.15) is 22.3 Å². The third kappa shape index (κ3) is 5.23. The van der Waals surface area contributed by atoms with Gasteiger partial charge in [0.25, 0.3) is 5.91 Å². The highest BCUT2D eigenvalue weighted by Crippen LogP contribution is 2.11. The number of rotatable bonds is 8. The molecule has 0 spiro atoms. The van der Waals surface area contributed by atoms with Gasteiger partial charge in [-0.15, -0.1) is 0 Å². The van der Waals surface area contributed by atoms with Crippen molar-refractivity contribution in [2.75, 3.05) is 6.54 Å². The number of carbonyl (C=O) groups excluding carboxylic acids is 1. The Bertz CT molecular complexity index is 934. The highest BCUT2D eigenvalue weighted by atomic mass is 79.9. The van der Waals surface area contributed by atoms with Crippen molar-refractivity contribution in [3.63, 3.8) is 0 Å². The Morgan fingerprint density at radius 2 is 1.89 bits per heavy atom. The summed E-state index contributed by atoms with van der Waals surface area (Å²) in [6, 6.07) is 7.08. The highest BCUT2D eigenvalue weighted by Gasteiger charge is 2.09. The Hall–Kier alpha value is -3.01. The zero-order valence-corrected chi connectivity index (χ0v) is 15.9. The molecule has 0 fully saturated rings. The predicted octanol–water partition coefficient (Wildman–Crippen LogP) is 2.62. The van der Waals surface area contributed by atoms with E-state index in [9.17, 15) is 14.9 Å². The molecule has 0 aliphatic rings. The van der Waals surface area contributed by atoms with Crippen LogP contribution in [0.25, 0.3) is 0 Å². The second-order valence-corrected chi connectivity index (χ2v) is 6.80. The van der Waals surface area contributed by atoms with E-state index in [-0.39, 0.29) is 11.6 Å². The van der Waals surface area contributed by atoms with Gasteiger partial charge in [-0.05, 0) is 40.0 Å². The number of hydrogen-bond acceptors (Lipinski definition) is 5. The SMILES string of the molecule is O=C(NCCCn1cc(Br)cn1)c1ccc(Cn2cc([N+](=O)[O-])cn2)cc1. The van der Waals surface area contributed by atoms with Gasteiger partial charge in [0.1, 0.15) is 12.4 Å². The van der Waals surface area contributed by atoms with Crippen LogP contribution in [0.4, 0.5) is 5.69 Å². The summed E-state index contributed by atoms with van der Waals surface area (Å²) >= 11 is 3.34. The van der Waals surface area contributed by atoms with Gasteiger partial charge < -0.3 is 5.32 Å². The molecular weight excluding hydrogens is 416 g/mol. The van der Waals surface area contributed by atoms with Crippen LogP contribution in [0.15, 0.2) is 53.5 Å². The molecule has 0 aliphatic heterocycles. The average molecular weight is 433 g/mol. The van der Waals surface area contributed by atoms with E-state index in [0.717, 1.165) is 23.0 Å². The van der Waals surface area contributed by atoms with Gasteiger partial charge in [0.2, 0.25) is 0 Å². The first kappa shape index (κ1) is 18.8. The number of aromatic nitrogens is 4. The van der Waals surface area contributed by atoms with Crippen molar-refractivity contribution in [3.8, 4) is 0 Å². The maximum absolute atomic E-state index is 12.2. The third-order valence-electron chi connectivity index (χ3n) is 3.84. The molecule has 2 aromatic heterocycles. The van der Waals surface area contributed by atoms with Crippen LogP contribution in [0.3, 0.4) is 0 Å². The van der Waals surface area contributed by atoms with Crippen molar-refractivity contribution in [1.82, 2.24) is 24.9 Å². The summed E-state index contributed by atoms with van der Waals surface area (Å²) in [4.78, 5) is 22.4. The number of nitrogens with zero attached hydrogens (tertiary/aromatic N) is 5. The van der Waals surface area contributed by atoms with Gasteiger partial charge in [-0.3, -0.25) is 24.3 Å². The van der Waals surface area contributed by atoms with Crippen LogP contribution in [-0.2, 0) is 13.1 Å². The van der Waals surface area contributed by atoms with E-state index >= 15 is 0 Å². The summed E-state index contributed by atoms with van der Waals surface area (Å²) in [6.45, 7) is 1.67. The lowest BCUT2D eigenvalue weighted by Gasteiger charge is -2.07. The Balaban J connectivity index is 1.47. The van der Waals surface area contributed by atoms with E-state index in [1.165, 1.54) is 17.1 Å². The summed E-state index contributed by atoms with van der Waals surface area (Å²) in [5.74, 6) is -0.141. The largest absolute Gasteiger partial charge is 0.352 e. The summed E-state index contributed by atoms with van der Waals surface area (Å²) < 4.78 is 4.22. The first-order chi connectivity index (χ1) is 13.0. The number of aryl methyl sites for hydroxylation is 1. The second kappa shape index (κ2) is 8.58. The van der Waals surface area contributed by atoms with Gasteiger partial charge in [-0.1, -0.05) is 12.1 Å². The molecule has 1 N–H and O–H groups in total. The van der Waals surface area contributed by atoms with Gasteiger partial charge in [-0.2, -0.15) is 10.2 Å². The summed E-state index contributed by atoms with van der Waals surface area (Å²) in [5.41, 5.74) is 1.41. The maximum Gasteiger partial charge on any atom is 0.307 e. The molecule has 0 aliphatic carbocycles. The number of hydrogen-bond donors (Lipinski definition) is 1. The fraction of sp³-hybridized carbons (Fsp3) is 0.235. The van der Waals surface area contributed by atoms with Crippen molar-refractivity contribution >= 4 is 27.5 Å². The molecule has 2 heterocycles. The molecular formula is C17H17BrN6O3. The van der Waals surface area contributed by atoms with Crippen LogP contribution >= 0.6 is 15.9 Å². The van der Waals surface area contributed by atoms with Crippen molar-refractivity contribution in [1.29, 1.82) is 0 Å². The van der Waals surface area contributed by atoms with Gasteiger partial charge in [0.15, 0.2) is 0 Å². The molecule has 0 saturated carbocycles. The van der Waals surface area contributed by atoms with Crippen LogP contribution in [0.2, 0.25) is 0 Å². The minimum absolute atomic E-state index is 0.0477. The summed E-state index contributed by atoms with van der Waals surface area (Å²) in [5, 5.41) is 21.7. The summed E-state index contributed by atoms with van der Waals surface area (Å²) in [7, 11) is 0. The van der Waals surface area contributed by atoms with Gasteiger partial charge in [0.05, 0.1) is 22.1 Å².